The van der Waals surface area contributed by atoms with E-state index in [4.69, 9.17) is 4.74 Å². The SMILES string of the molecule is C[C@@]1(C#C[Si](C)(C)C)CO1. The molecule has 0 spiro atoms. The van der Waals surface area contributed by atoms with Crippen molar-refractivity contribution in [3.63, 3.8) is 0 Å². The summed E-state index contributed by atoms with van der Waals surface area (Å²) in [5, 5.41) is 0. The van der Waals surface area contributed by atoms with Crippen LogP contribution in [0.3, 0.4) is 0 Å². The first-order chi connectivity index (χ1) is 4.41. The summed E-state index contributed by atoms with van der Waals surface area (Å²) in [6.45, 7) is 9.59. The van der Waals surface area contributed by atoms with Crippen LogP contribution in [-0.2, 0) is 4.74 Å². The lowest BCUT2D eigenvalue weighted by molar-refractivity contribution is 0.378. The average Bonchev–Trinajstić information content (AvgIpc) is 2.43. The van der Waals surface area contributed by atoms with E-state index in [1.165, 1.54) is 0 Å². The second-order valence-electron chi connectivity index (χ2n) is 4.02. The summed E-state index contributed by atoms with van der Waals surface area (Å²) in [5.74, 6) is 3.16. The molecule has 10 heavy (non-hydrogen) atoms. The van der Waals surface area contributed by atoms with E-state index in [0.29, 0.717) is 0 Å². The molecular weight excluding hydrogens is 140 g/mol. The molecule has 1 fully saturated rings. The molecule has 1 aliphatic rings. The zero-order valence-corrected chi connectivity index (χ0v) is 8.12. The zero-order chi connectivity index (χ0) is 7.83. The van der Waals surface area contributed by atoms with Gasteiger partial charge >= 0.3 is 0 Å². The van der Waals surface area contributed by atoms with E-state index in [0.717, 1.165) is 6.61 Å². The van der Waals surface area contributed by atoms with E-state index in [1.807, 2.05) is 6.92 Å². The third kappa shape index (κ3) is 2.55. The first-order valence-corrected chi connectivity index (χ1v) is 7.10. The Morgan fingerprint density at radius 2 is 1.90 bits per heavy atom. The average molecular weight is 154 g/mol. The van der Waals surface area contributed by atoms with Crippen LogP contribution in [0.1, 0.15) is 6.92 Å². The van der Waals surface area contributed by atoms with Crippen molar-refractivity contribution in [1.82, 2.24) is 0 Å². The van der Waals surface area contributed by atoms with Gasteiger partial charge in [-0.05, 0) is 6.92 Å². The molecule has 1 heterocycles. The van der Waals surface area contributed by atoms with E-state index in [2.05, 4.69) is 31.1 Å². The molecule has 1 rings (SSSR count). The smallest absolute Gasteiger partial charge is 0.148 e. The minimum atomic E-state index is -1.17. The van der Waals surface area contributed by atoms with Gasteiger partial charge in [-0.1, -0.05) is 25.6 Å². The van der Waals surface area contributed by atoms with Gasteiger partial charge in [-0.2, -0.15) is 0 Å². The van der Waals surface area contributed by atoms with Gasteiger partial charge in [-0.3, -0.25) is 0 Å². The fourth-order valence-electron chi connectivity index (χ4n) is 0.500. The van der Waals surface area contributed by atoms with E-state index >= 15 is 0 Å². The minimum Gasteiger partial charge on any atom is -0.356 e. The number of epoxide rings is 1. The highest BCUT2D eigenvalue weighted by Gasteiger charge is 2.37. The van der Waals surface area contributed by atoms with Crippen molar-refractivity contribution in [3.8, 4) is 11.5 Å². The van der Waals surface area contributed by atoms with Crippen LogP contribution >= 0.6 is 0 Å². The van der Waals surface area contributed by atoms with Gasteiger partial charge < -0.3 is 4.74 Å². The Hall–Kier alpha value is -0.263. The molecule has 2 heteroatoms. The van der Waals surface area contributed by atoms with Crippen molar-refractivity contribution in [2.45, 2.75) is 32.2 Å². The molecule has 0 amide bonds. The van der Waals surface area contributed by atoms with Gasteiger partial charge in [0.05, 0.1) is 6.61 Å². The lowest BCUT2D eigenvalue weighted by atomic mass is 10.2. The lowest BCUT2D eigenvalue weighted by Gasteiger charge is -2.03. The second kappa shape index (κ2) is 2.11. The molecule has 0 radical (unpaired) electrons. The summed E-state index contributed by atoms with van der Waals surface area (Å²) >= 11 is 0. The molecular formula is C8H14OSi. The van der Waals surface area contributed by atoms with Crippen LogP contribution in [0, 0.1) is 11.5 Å². The fraction of sp³-hybridized carbons (Fsp3) is 0.750. The third-order valence-electron chi connectivity index (χ3n) is 1.28. The Morgan fingerprint density at radius 1 is 1.40 bits per heavy atom. The van der Waals surface area contributed by atoms with Crippen molar-refractivity contribution in [2.24, 2.45) is 0 Å². The van der Waals surface area contributed by atoms with Gasteiger partial charge in [0.2, 0.25) is 0 Å². The summed E-state index contributed by atoms with van der Waals surface area (Å²) < 4.78 is 5.14. The van der Waals surface area contributed by atoms with Gasteiger partial charge in [0.15, 0.2) is 0 Å². The van der Waals surface area contributed by atoms with Crippen LogP contribution < -0.4 is 0 Å². The Morgan fingerprint density at radius 3 is 2.20 bits per heavy atom. The van der Waals surface area contributed by atoms with Crippen LogP contribution in [0.15, 0.2) is 0 Å². The topological polar surface area (TPSA) is 12.5 Å². The van der Waals surface area contributed by atoms with Crippen molar-refractivity contribution in [2.75, 3.05) is 6.61 Å². The first-order valence-electron chi connectivity index (χ1n) is 3.60. The molecule has 1 nitrogen and oxygen atoms in total. The first kappa shape index (κ1) is 7.84. The number of hydrogen-bond acceptors (Lipinski definition) is 1. The van der Waals surface area contributed by atoms with Crippen molar-refractivity contribution < 1.29 is 4.74 Å². The van der Waals surface area contributed by atoms with E-state index in [-0.39, 0.29) is 5.60 Å². The van der Waals surface area contributed by atoms with Crippen LogP contribution in [0.25, 0.3) is 0 Å². The lowest BCUT2D eigenvalue weighted by Crippen LogP contribution is -2.17. The highest BCUT2D eigenvalue weighted by atomic mass is 28.3. The molecule has 0 saturated carbocycles. The Kier molecular flexibility index (Phi) is 1.66. The molecule has 1 atom stereocenters. The quantitative estimate of drug-likeness (QED) is 0.294. The monoisotopic (exact) mass is 154 g/mol. The Balaban J connectivity index is 2.54. The van der Waals surface area contributed by atoms with E-state index in [9.17, 15) is 0 Å². The minimum absolute atomic E-state index is 0.0692. The predicted molar refractivity (Wildman–Crippen MR) is 45.5 cm³/mol. The second-order valence-corrected chi connectivity index (χ2v) is 8.77. The number of hydrogen-bond donors (Lipinski definition) is 0. The van der Waals surface area contributed by atoms with Crippen LogP contribution in [-0.4, -0.2) is 20.3 Å². The molecule has 0 aromatic rings. The summed E-state index contributed by atoms with van der Waals surface area (Å²) in [5.41, 5.74) is 3.22. The van der Waals surface area contributed by atoms with Gasteiger partial charge in [-0.15, -0.1) is 5.54 Å². The van der Waals surface area contributed by atoms with Crippen LogP contribution in [0.5, 0.6) is 0 Å². The third-order valence-corrected chi connectivity index (χ3v) is 2.15. The zero-order valence-electron chi connectivity index (χ0n) is 7.12. The Labute approximate surface area is 63.8 Å². The van der Waals surface area contributed by atoms with E-state index < -0.39 is 8.07 Å². The van der Waals surface area contributed by atoms with Gasteiger partial charge in [0, 0.05) is 0 Å². The molecule has 0 aromatic heterocycles. The molecule has 0 N–H and O–H groups in total. The number of rotatable bonds is 0. The fourth-order valence-corrected chi connectivity index (χ4v) is 1.14. The standard InChI is InChI=1S/C8H14OSi/c1-8(7-9-8)5-6-10(2,3)4/h7H2,1-4H3/t8-/m1/s1. The van der Waals surface area contributed by atoms with Crippen molar-refractivity contribution in [1.29, 1.82) is 0 Å². The maximum absolute atomic E-state index is 5.14. The highest BCUT2D eigenvalue weighted by Crippen LogP contribution is 2.24. The molecule has 0 bridgehead atoms. The predicted octanol–water partition coefficient (Wildman–Crippen LogP) is 1.66. The normalized spacial score (nSPS) is 30.8. The van der Waals surface area contributed by atoms with Gasteiger partial charge in [0.25, 0.3) is 0 Å². The van der Waals surface area contributed by atoms with Crippen molar-refractivity contribution >= 4 is 8.07 Å². The summed E-state index contributed by atoms with van der Waals surface area (Å²) in [7, 11) is -1.17. The van der Waals surface area contributed by atoms with Crippen LogP contribution in [0.2, 0.25) is 19.6 Å². The molecule has 0 aliphatic carbocycles. The van der Waals surface area contributed by atoms with Gasteiger partial charge in [-0.25, -0.2) is 0 Å². The van der Waals surface area contributed by atoms with Crippen molar-refractivity contribution in [3.05, 3.63) is 0 Å². The number of ether oxygens (including phenoxy) is 1. The molecule has 1 saturated heterocycles. The highest BCUT2D eigenvalue weighted by molar-refractivity contribution is 6.83. The van der Waals surface area contributed by atoms with Gasteiger partial charge in [0.1, 0.15) is 13.7 Å². The molecule has 0 unspecified atom stereocenters. The summed E-state index contributed by atoms with van der Waals surface area (Å²) in [6, 6.07) is 0. The maximum Gasteiger partial charge on any atom is 0.148 e. The largest absolute Gasteiger partial charge is 0.356 e. The molecule has 0 aromatic carbocycles. The van der Waals surface area contributed by atoms with Crippen LogP contribution in [0.4, 0.5) is 0 Å². The summed E-state index contributed by atoms with van der Waals surface area (Å²) in [4.78, 5) is 0. The van der Waals surface area contributed by atoms with E-state index in [1.54, 1.807) is 0 Å². The maximum atomic E-state index is 5.14. The molecule has 56 valence electrons. The molecule has 1 aliphatic heterocycles. The Bertz CT molecular complexity index is 178. The summed E-state index contributed by atoms with van der Waals surface area (Å²) in [6.07, 6.45) is 0.